The molecular formula is C66H40. The molecule has 0 nitrogen and oxygen atoms in total. The third kappa shape index (κ3) is 5.46. The van der Waals surface area contributed by atoms with Gasteiger partial charge in [0.05, 0.1) is 0 Å². The van der Waals surface area contributed by atoms with Crippen LogP contribution in [0, 0.1) is 0 Å². The Morgan fingerprint density at radius 3 is 0.848 bits per heavy atom. The standard InChI is InChI=1S/C66H40/c1-3-19-45-41(15-1)17-9-27-49(45)53-33-13-29-51-47(25-11-31-55(51)53)43-35-37-59-57-21-5-8-24-62(57)66-64-40-44(36-38-60(64)58-22-6-7-23-61(58)65(66)63(59)39-43)48-26-12-32-56-52(48)30-14-34-54(56)50-28-10-18-42-16-2-4-20-46(42)50/h1-40H. The molecule has 0 aromatic heterocycles. The van der Waals surface area contributed by atoms with Crippen molar-refractivity contribution >= 4 is 97.0 Å². The lowest BCUT2D eigenvalue weighted by Crippen LogP contribution is -1.91. The summed E-state index contributed by atoms with van der Waals surface area (Å²) in [7, 11) is 0. The van der Waals surface area contributed by atoms with Crippen molar-refractivity contribution < 1.29 is 0 Å². The first kappa shape index (κ1) is 36.9. The van der Waals surface area contributed by atoms with Crippen molar-refractivity contribution in [2.75, 3.05) is 0 Å². The second-order valence-electron chi connectivity index (χ2n) is 17.8. The minimum Gasteiger partial charge on any atom is -0.0616 e. The van der Waals surface area contributed by atoms with Crippen molar-refractivity contribution in [3.05, 3.63) is 243 Å². The van der Waals surface area contributed by atoms with Gasteiger partial charge in [-0.3, -0.25) is 0 Å². The van der Waals surface area contributed by atoms with Crippen molar-refractivity contribution in [1.82, 2.24) is 0 Å². The molecule has 0 heteroatoms. The van der Waals surface area contributed by atoms with Crippen molar-refractivity contribution in [3.63, 3.8) is 0 Å². The molecule has 0 N–H and O–H groups in total. The molecule has 0 aliphatic carbocycles. The van der Waals surface area contributed by atoms with Crippen LogP contribution in [0.4, 0.5) is 0 Å². The first-order valence-corrected chi connectivity index (χ1v) is 23.0. The molecule has 0 atom stereocenters. The number of hydrogen-bond donors (Lipinski definition) is 0. The van der Waals surface area contributed by atoms with E-state index in [1.165, 1.54) is 141 Å². The highest BCUT2D eigenvalue weighted by atomic mass is 14.2. The highest BCUT2D eigenvalue weighted by molar-refractivity contribution is 6.40. The molecule has 0 aliphatic rings. The molecule has 0 amide bonds. The molecule has 0 radical (unpaired) electrons. The Bertz CT molecular complexity index is 4050. The summed E-state index contributed by atoms with van der Waals surface area (Å²) >= 11 is 0. The van der Waals surface area contributed by atoms with Gasteiger partial charge in [0.2, 0.25) is 0 Å². The summed E-state index contributed by atoms with van der Waals surface area (Å²) in [6.45, 7) is 0. The zero-order valence-corrected chi connectivity index (χ0v) is 36.1. The summed E-state index contributed by atoms with van der Waals surface area (Å²) in [5, 5.41) is 22.9. The zero-order chi connectivity index (χ0) is 43.3. The van der Waals surface area contributed by atoms with Crippen LogP contribution in [0.25, 0.3) is 141 Å². The molecule has 0 saturated heterocycles. The molecular weight excluding hydrogens is 793 g/mol. The monoisotopic (exact) mass is 832 g/mol. The lowest BCUT2D eigenvalue weighted by atomic mass is 9.84. The van der Waals surface area contributed by atoms with Crippen LogP contribution in [0.2, 0.25) is 0 Å². The Kier molecular flexibility index (Phi) is 8.08. The van der Waals surface area contributed by atoms with Crippen molar-refractivity contribution in [2.45, 2.75) is 0 Å². The van der Waals surface area contributed by atoms with Gasteiger partial charge in [0.25, 0.3) is 0 Å². The Balaban J connectivity index is 1.03. The van der Waals surface area contributed by atoms with Gasteiger partial charge in [-0.05, 0) is 154 Å². The Labute approximate surface area is 382 Å². The second kappa shape index (κ2) is 14.5. The fourth-order valence-corrected chi connectivity index (χ4v) is 11.5. The Hall–Kier alpha value is -8.58. The van der Waals surface area contributed by atoms with Crippen LogP contribution in [-0.2, 0) is 0 Å². The molecule has 0 aliphatic heterocycles. The number of rotatable bonds is 4. The maximum Gasteiger partial charge on any atom is -0.00137 e. The molecule has 0 fully saturated rings. The molecule has 14 aromatic rings. The van der Waals surface area contributed by atoms with E-state index in [1.54, 1.807) is 0 Å². The maximum atomic E-state index is 2.48. The van der Waals surface area contributed by atoms with Gasteiger partial charge in [-0.25, -0.2) is 0 Å². The van der Waals surface area contributed by atoms with Crippen LogP contribution in [-0.4, -0.2) is 0 Å². The van der Waals surface area contributed by atoms with E-state index < -0.39 is 0 Å². The van der Waals surface area contributed by atoms with E-state index in [4.69, 9.17) is 0 Å². The van der Waals surface area contributed by atoms with Gasteiger partial charge in [0, 0.05) is 0 Å². The van der Waals surface area contributed by atoms with Gasteiger partial charge < -0.3 is 0 Å². The van der Waals surface area contributed by atoms with E-state index in [0.717, 1.165) is 0 Å². The largest absolute Gasteiger partial charge is 0.0616 e. The number of hydrogen-bond acceptors (Lipinski definition) is 0. The maximum absolute atomic E-state index is 2.48. The van der Waals surface area contributed by atoms with E-state index in [0.29, 0.717) is 0 Å². The zero-order valence-electron chi connectivity index (χ0n) is 36.1. The fraction of sp³-hybridized carbons (Fsp3) is 0. The summed E-state index contributed by atoms with van der Waals surface area (Å²) in [6, 6.07) is 90.5. The topological polar surface area (TPSA) is 0 Å². The number of benzene rings is 14. The molecule has 0 heterocycles. The lowest BCUT2D eigenvalue weighted by Gasteiger charge is -2.19. The van der Waals surface area contributed by atoms with Crippen LogP contribution in [0.5, 0.6) is 0 Å². The highest BCUT2D eigenvalue weighted by Gasteiger charge is 2.19. The average molecular weight is 833 g/mol. The molecule has 14 aromatic carbocycles. The molecule has 0 saturated carbocycles. The lowest BCUT2D eigenvalue weighted by molar-refractivity contribution is 1.66. The minimum atomic E-state index is 1.22. The van der Waals surface area contributed by atoms with Crippen LogP contribution < -0.4 is 0 Å². The summed E-state index contributed by atoms with van der Waals surface area (Å²) in [5.74, 6) is 0. The molecule has 66 heavy (non-hydrogen) atoms. The summed E-state index contributed by atoms with van der Waals surface area (Å²) < 4.78 is 0. The van der Waals surface area contributed by atoms with Gasteiger partial charge in [0.15, 0.2) is 0 Å². The van der Waals surface area contributed by atoms with Crippen LogP contribution in [0.1, 0.15) is 0 Å². The highest BCUT2D eigenvalue weighted by Crippen LogP contribution is 2.47. The Morgan fingerprint density at radius 2 is 0.424 bits per heavy atom. The smallest absolute Gasteiger partial charge is 0.00137 e. The van der Waals surface area contributed by atoms with E-state index in [1.807, 2.05) is 0 Å². The fourth-order valence-electron chi connectivity index (χ4n) is 11.5. The molecule has 0 spiro atoms. The third-order valence-electron chi connectivity index (χ3n) is 14.4. The summed E-state index contributed by atoms with van der Waals surface area (Å²) in [4.78, 5) is 0. The molecule has 0 unspecified atom stereocenters. The van der Waals surface area contributed by atoms with Crippen LogP contribution in [0.3, 0.4) is 0 Å². The predicted octanol–water partition coefficient (Wildman–Crippen LogP) is 18.7. The van der Waals surface area contributed by atoms with Gasteiger partial charge in [-0.15, -0.1) is 0 Å². The van der Waals surface area contributed by atoms with Crippen molar-refractivity contribution in [2.24, 2.45) is 0 Å². The van der Waals surface area contributed by atoms with E-state index in [-0.39, 0.29) is 0 Å². The van der Waals surface area contributed by atoms with Gasteiger partial charge in [-0.1, -0.05) is 231 Å². The summed E-state index contributed by atoms with van der Waals surface area (Å²) in [6.07, 6.45) is 0. The SMILES string of the molecule is c1ccc2c(-c3cccc4c(-c5ccc6c7ccccc7c7c8cc(-c9cccc%10c(-c%11cccc%12ccccc%11%12)cccc9%10)ccc8c8ccccc8c7c6c5)cccc34)cccc2c1. The predicted molar refractivity (Wildman–Crippen MR) is 286 cm³/mol. The first-order valence-electron chi connectivity index (χ1n) is 23.0. The second-order valence-corrected chi connectivity index (χ2v) is 17.8. The number of fused-ring (bicyclic) bond motifs is 15. The molecule has 304 valence electrons. The molecule has 14 rings (SSSR count). The van der Waals surface area contributed by atoms with Crippen LogP contribution in [0.15, 0.2) is 243 Å². The van der Waals surface area contributed by atoms with Crippen LogP contribution >= 0.6 is 0 Å². The first-order chi connectivity index (χ1) is 32.8. The van der Waals surface area contributed by atoms with E-state index >= 15 is 0 Å². The van der Waals surface area contributed by atoms with Crippen molar-refractivity contribution in [1.29, 1.82) is 0 Å². The van der Waals surface area contributed by atoms with Crippen molar-refractivity contribution in [3.8, 4) is 44.5 Å². The van der Waals surface area contributed by atoms with E-state index in [2.05, 4.69) is 243 Å². The molecule has 0 bridgehead atoms. The summed E-state index contributed by atoms with van der Waals surface area (Å²) in [5.41, 5.74) is 9.95. The van der Waals surface area contributed by atoms with E-state index in [9.17, 15) is 0 Å². The Morgan fingerprint density at radius 1 is 0.152 bits per heavy atom. The third-order valence-corrected chi connectivity index (χ3v) is 14.4. The minimum absolute atomic E-state index is 1.22. The van der Waals surface area contributed by atoms with Gasteiger partial charge >= 0.3 is 0 Å². The van der Waals surface area contributed by atoms with Gasteiger partial charge in [-0.2, -0.15) is 0 Å². The average Bonchev–Trinajstić information content (AvgIpc) is 3.39. The quantitative estimate of drug-likeness (QED) is 0.155. The van der Waals surface area contributed by atoms with Gasteiger partial charge in [0.1, 0.15) is 0 Å². The normalized spacial score (nSPS) is 11.9.